The van der Waals surface area contributed by atoms with E-state index in [1.165, 1.54) is 19.3 Å². The lowest BCUT2D eigenvalue weighted by Crippen LogP contribution is -2.51. The summed E-state index contributed by atoms with van der Waals surface area (Å²) in [5, 5.41) is 0. The monoisotopic (exact) mass is 401 g/mol. The Bertz CT molecular complexity index is 742. The van der Waals surface area contributed by atoms with Gasteiger partial charge >= 0.3 is 5.97 Å². The molecule has 0 amide bonds. The van der Waals surface area contributed by atoms with Crippen molar-refractivity contribution in [3.8, 4) is 0 Å². The second-order valence-corrected chi connectivity index (χ2v) is 10.5. The lowest BCUT2D eigenvalue weighted by atomic mass is 9.53. The molecule has 1 spiro atoms. The number of nitrogens with zero attached hydrogens (tertiary/aromatic N) is 1. The van der Waals surface area contributed by atoms with Crippen molar-refractivity contribution in [1.82, 2.24) is 4.90 Å². The first kappa shape index (κ1) is 19.6. The van der Waals surface area contributed by atoms with Crippen LogP contribution in [-0.2, 0) is 20.7 Å². The molecule has 0 aromatic carbocycles. The lowest BCUT2D eigenvalue weighted by Gasteiger charge is -2.51. The molecule has 5 nitrogen and oxygen atoms in total. The molecule has 0 radical (unpaired) electrons. The van der Waals surface area contributed by atoms with Gasteiger partial charge in [-0.05, 0) is 76.0 Å². The van der Waals surface area contributed by atoms with Crippen LogP contribution in [0.1, 0.15) is 58.1 Å². The normalized spacial score (nSPS) is 41.9. The fraction of sp³-hybridized carbons (Fsp3) is 0.792. The van der Waals surface area contributed by atoms with Crippen LogP contribution in [0.25, 0.3) is 0 Å². The van der Waals surface area contributed by atoms with E-state index in [4.69, 9.17) is 13.9 Å². The largest absolute Gasteiger partial charge is 0.469 e. The van der Waals surface area contributed by atoms with Gasteiger partial charge in [-0.25, -0.2) is 0 Å². The van der Waals surface area contributed by atoms with Crippen LogP contribution in [0.2, 0.25) is 0 Å². The maximum Gasteiger partial charge on any atom is 0.310 e. The number of hydrogen-bond acceptors (Lipinski definition) is 5. The average Bonchev–Trinajstić information content (AvgIpc) is 3.13. The third-order valence-electron chi connectivity index (χ3n) is 8.71. The number of carbonyl (C=O) groups is 1. The van der Waals surface area contributed by atoms with Gasteiger partial charge in [-0.1, -0.05) is 6.92 Å². The number of ether oxygens (including phenoxy) is 2. The van der Waals surface area contributed by atoms with Crippen LogP contribution in [0.4, 0.5) is 0 Å². The van der Waals surface area contributed by atoms with E-state index in [1.54, 1.807) is 6.26 Å². The van der Waals surface area contributed by atoms with Crippen molar-refractivity contribution in [2.24, 2.45) is 23.2 Å². The van der Waals surface area contributed by atoms with E-state index in [0.717, 1.165) is 44.6 Å². The van der Waals surface area contributed by atoms with Gasteiger partial charge in [0.15, 0.2) is 0 Å². The van der Waals surface area contributed by atoms with Crippen molar-refractivity contribution in [1.29, 1.82) is 0 Å². The van der Waals surface area contributed by atoms with Gasteiger partial charge in [0.1, 0.15) is 11.9 Å². The molecule has 4 aliphatic rings. The van der Waals surface area contributed by atoms with E-state index < -0.39 is 0 Å². The van der Waals surface area contributed by atoms with Gasteiger partial charge in [0, 0.05) is 24.9 Å². The first-order valence-corrected chi connectivity index (χ1v) is 11.5. The van der Waals surface area contributed by atoms with Crippen LogP contribution in [-0.4, -0.2) is 48.8 Å². The van der Waals surface area contributed by atoms with Crippen LogP contribution in [0, 0.1) is 23.2 Å². The Morgan fingerprint density at radius 2 is 2.17 bits per heavy atom. The van der Waals surface area contributed by atoms with Crippen LogP contribution >= 0.6 is 0 Å². The maximum absolute atomic E-state index is 12.8. The van der Waals surface area contributed by atoms with Gasteiger partial charge in [-0.2, -0.15) is 0 Å². The predicted octanol–water partition coefficient (Wildman–Crippen LogP) is 4.06. The number of hydrogen-bond donors (Lipinski definition) is 0. The molecule has 7 atom stereocenters. The van der Waals surface area contributed by atoms with Crippen molar-refractivity contribution in [3.63, 3.8) is 0 Å². The number of furan rings is 1. The lowest BCUT2D eigenvalue weighted by molar-refractivity contribution is -0.147. The highest BCUT2D eigenvalue weighted by molar-refractivity contribution is 5.75. The van der Waals surface area contributed by atoms with E-state index in [0.29, 0.717) is 17.9 Å². The summed E-state index contributed by atoms with van der Waals surface area (Å²) in [4.78, 5) is 15.2. The second-order valence-electron chi connectivity index (χ2n) is 10.5. The van der Waals surface area contributed by atoms with Crippen LogP contribution in [0.15, 0.2) is 22.8 Å². The van der Waals surface area contributed by atoms with Gasteiger partial charge in [0.2, 0.25) is 0 Å². The number of epoxide rings is 1. The molecule has 1 aromatic rings. The highest BCUT2D eigenvalue weighted by Gasteiger charge is 2.65. The van der Waals surface area contributed by atoms with Crippen molar-refractivity contribution < 1.29 is 18.7 Å². The van der Waals surface area contributed by atoms with Crippen molar-refractivity contribution in [2.45, 2.75) is 76.5 Å². The third-order valence-corrected chi connectivity index (χ3v) is 8.71. The summed E-state index contributed by atoms with van der Waals surface area (Å²) in [6, 6.07) is 4.37. The van der Waals surface area contributed by atoms with Crippen LogP contribution in [0.5, 0.6) is 0 Å². The third kappa shape index (κ3) is 3.44. The molecule has 5 rings (SSSR count). The zero-order valence-electron chi connectivity index (χ0n) is 18.1. The minimum absolute atomic E-state index is 0.00154. The Morgan fingerprint density at radius 1 is 1.34 bits per heavy atom. The molecular weight excluding hydrogens is 366 g/mol. The van der Waals surface area contributed by atoms with Crippen molar-refractivity contribution in [3.05, 3.63) is 24.2 Å². The number of fused-ring (bicyclic) bond motifs is 3. The standard InChI is InChI=1S/C24H35NO4/c1-16(7-8-17-6-4-11-27-17)25(3)14-19-18-12-21-23(2,13-20(18)29-22(19)26)9-5-10-24(21)15-28-24/h4,6,11,16,18-21H,5,7-10,12-15H2,1-3H3/t16-,18-,19+,20-,21+,23-,24-/m1/s1. The Morgan fingerprint density at radius 3 is 2.90 bits per heavy atom. The molecule has 3 heterocycles. The minimum atomic E-state index is -0.00154. The minimum Gasteiger partial charge on any atom is -0.469 e. The second kappa shape index (κ2) is 7.12. The summed E-state index contributed by atoms with van der Waals surface area (Å²) in [6.07, 6.45) is 9.60. The summed E-state index contributed by atoms with van der Waals surface area (Å²) < 4.78 is 17.4. The predicted molar refractivity (Wildman–Crippen MR) is 109 cm³/mol. The zero-order chi connectivity index (χ0) is 20.2. The molecule has 160 valence electrons. The molecular formula is C24H35NO4. The first-order valence-electron chi connectivity index (χ1n) is 11.5. The molecule has 2 saturated heterocycles. The van der Waals surface area contributed by atoms with E-state index in [-0.39, 0.29) is 29.0 Å². The summed E-state index contributed by atoms with van der Waals surface area (Å²) in [7, 11) is 2.15. The molecule has 0 bridgehead atoms. The SMILES string of the molecule is C[C@H](CCc1ccco1)N(C)C[C@@H]1C(=O)O[C@@H]2C[C@@]3(C)CCC[C@@]4(CO4)[C@H]3C[C@H]12. The van der Waals surface area contributed by atoms with E-state index in [9.17, 15) is 4.79 Å². The number of aryl methyl sites for hydroxylation is 1. The van der Waals surface area contributed by atoms with Crippen LogP contribution in [0.3, 0.4) is 0 Å². The molecule has 2 saturated carbocycles. The molecule has 0 unspecified atom stereocenters. The highest BCUT2D eigenvalue weighted by atomic mass is 16.6. The maximum atomic E-state index is 12.8. The molecule has 2 aliphatic heterocycles. The van der Waals surface area contributed by atoms with Crippen molar-refractivity contribution in [2.75, 3.05) is 20.2 Å². The van der Waals surface area contributed by atoms with Crippen LogP contribution < -0.4 is 0 Å². The Hall–Kier alpha value is -1.33. The van der Waals surface area contributed by atoms with Gasteiger partial charge in [-0.3, -0.25) is 4.79 Å². The van der Waals surface area contributed by atoms with Crippen molar-refractivity contribution >= 4 is 5.97 Å². The molecule has 0 N–H and O–H groups in total. The molecule has 5 heteroatoms. The summed E-state index contributed by atoms with van der Waals surface area (Å²) in [5.74, 6) is 1.99. The highest BCUT2D eigenvalue weighted by Crippen LogP contribution is 2.62. The zero-order valence-corrected chi connectivity index (χ0v) is 18.1. The first-order chi connectivity index (χ1) is 13.9. The molecule has 29 heavy (non-hydrogen) atoms. The van der Waals surface area contributed by atoms with E-state index in [1.807, 2.05) is 12.1 Å². The fourth-order valence-electron chi connectivity index (χ4n) is 6.68. The molecule has 1 aromatic heterocycles. The topological polar surface area (TPSA) is 55.2 Å². The fourth-order valence-corrected chi connectivity index (χ4v) is 6.68. The number of carbonyl (C=O) groups excluding carboxylic acids is 1. The number of rotatable bonds is 6. The van der Waals surface area contributed by atoms with Gasteiger partial charge in [0.05, 0.1) is 24.4 Å². The Kier molecular flexibility index (Phi) is 4.82. The Balaban J connectivity index is 1.24. The van der Waals surface area contributed by atoms with E-state index in [2.05, 4.69) is 25.8 Å². The molecule has 2 aliphatic carbocycles. The quantitative estimate of drug-likeness (QED) is 0.531. The van der Waals surface area contributed by atoms with E-state index >= 15 is 0 Å². The van der Waals surface area contributed by atoms with Gasteiger partial charge in [0.25, 0.3) is 0 Å². The van der Waals surface area contributed by atoms with Gasteiger partial charge < -0.3 is 18.8 Å². The molecule has 4 fully saturated rings. The number of esters is 1. The van der Waals surface area contributed by atoms with Gasteiger partial charge in [-0.15, -0.1) is 0 Å². The summed E-state index contributed by atoms with van der Waals surface area (Å²) in [5.41, 5.74) is 0.393. The average molecular weight is 402 g/mol. The smallest absolute Gasteiger partial charge is 0.310 e. The summed E-state index contributed by atoms with van der Waals surface area (Å²) >= 11 is 0. The Labute approximate surface area is 174 Å². The summed E-state index contributed by atoms with van der Waals surface area (Å²) in [6.45, 7) is 6.37.